The first-order chi connectivity index (χ1) is 7.18. The van der Waals surface area contributed by atoms with Gasteiger partial charge in [-0.25, -0.2) is 4.98 Å². The van der Waals surface area contributed by atoms with Gasteiger partial charge in [0.15, 0.2) is 0 Å². The predicted octanol–water partition coefficient (Wildman–Crippen LogP) is 3.04. The first-order valence-electron chi connectivity index (χ1n) is 5.52. The van der Waals surface area contributed by atoms with E-state index in [4.69, 9.17) is 11.6 Å². The summed E-state index contributed by atoms with van der Waals surface area (Å²) in [6.07, 6.45) is 3.09. The van der Waals surface area contributed by atoms with Crippen molar-refractivity contribution in [2.75, 3.05) is 6.54 Å². The van der Waals surface area contributed by atoms with Crippen molar-refractivity contribution in [3.8, 4) is 0 Å². The molecule has 1 aliphatic carbocycles. The number of rotatable bonds is 4. The summed E-state index contributed by atoms with van der Waals surface area (Å²) < 4.78 is 0. The van der Waals surface area contributed by atoms with Crippen molar-refractivity contribution in [2.24, 2.45) is 11.8 Å². The highest BCUT2D eigenvalue weighted by molar-refractivity contribution is 6.30. The maximum absolute atomic E-state index is 6.03. The van der Waals surface area contributed by atoms with Crippen LogP contribution in [0.3, 0.4) is 0 Å². The summed E-state index contributed by atoms with van der Waals surface area (Å²) >= 11 is 6.03. The molecule has 1 aromatic rings. The molecule has 2 rings (SSSR count). The molecule has 0 spiro atoms. The summed E-state index contributed by atoms with van der Waals surface area (Å²) in [5.41, 5.74) is 1.09. The molecule has 0 aliphatic heterocycles. The zero-order chi connectivity index (χ0) is 10.8. The fourth-order valence-corrected chi connectivity index (χ4v) is 2.13. The minimum Gasteiger partial charge on any atom is -0.310 e. The van der Waals surface area contributed by atoms with Crippen LogP contribution in [0.1, 0.15) is 31.9 Å². The molecule has 1 saturated carbocycles. The van der Waals surface area contributed by atoms with Crippen LogP contribution in [0.15, 0.2) is 18.3 Å². The van der Waals surface area contributed by atoms with E-state index in [1.807, 2.05) is 12.1 Å². The minimum atomic E-state index is 0.291. The van der Waals surface area contributed by atoms with Crippen molar-refractivity contribution in [2.45, 2.75) is 26.3 Å². The van der Waals surface area contributed by atoms with Crippen LogP contribution in [-0.2, 0) is 0 Å². The van der Waals surface area contributed by atoms with Crippen molar-refractivity contribution in [3.63, 3.8) is 0 Å². The topological polar surface area (TPSA) is 24.9 Å². The summed E-state index contributed by atoms with van der Waals surface area (Å²) in [7, 11) is 0. The molecular weight excluding hydrogens is 208 g/mol. The van der Waals surface area contributed by atoms with Gasteiger partial charge < -0.3 is 5.32 Å². The van der Waals surface area contributed by atoms with Gasteiger partial charge in [-0.3, -0.25) is 0 Å². The minimum absolute atomic E-state index is 0.291. The Morgan fingerprint density at radius 1 is 1.67 bits per heavy atom. The average molecular weight is 225 g/mol. The predicted molar refractivity (Wildman–Crippen MR) is 62.9 cm³/mol. The Kier molecular flexibility index (Phi) is 3.27. The Labute approximate surface area is 96.1 Å². The summed E-state index contributed by atoms with van der Waals surface area (Å²) in [5, 5.41) is 4.12. The van der Waals surface area contributed by atoms with E-state index in [0.29, 0.717) is 11.2 Å². The number of aromatic nitrogens is 1. The van der Waals surface area contributed by atoms with Crippen LogP contribution in [0.4, 0.5) is 0 Å². The second kappa shape index (κ2) is 4.50. The molecule has 0 bridgehead atoms. The van der Waals surface area contributed by atoms with Gasteiger partial charge in [-0.1, -0.05) is 24.6 Å². The molecule has 0 radical (unpaired) electrons. The Balaban J connectivity index is 1.90. The van der Waals surface area contributed by atoms with Gasteiger partial charge in [-0.15, -0.1) is 0 Å². The second-order valence-corrected chi connectivity index (χ2v) is 4.84. The number of hydrogen-bond donors (Lipinski definition) is 1. The van der Waals surface area contributed by atoms with E-state index in [-0.39, 0.29) is 0 Å². The van der Waals surface area contributed by atoms with Gasteiger partial charge in [0.2, 0.25) is 0 Å². The highest BCUT2D eigenvalue weighted by atomic mass is 35.5. The van der Waals surface area contributed by atoms with Crippen LogP contribution in [0.2, 0.25) is 5.15 Å². The first-order valence-corrected chi connectivity index (χ1v) is 5.90. The van der Waals surface area contributed by atoms with Crippen molar-refractivity contribution in [1.29, 1.82) is 0 Å². The van der Waals surface area contributed by atoms with E-state index < -0.39 is 0 Å². The van der Waals surface area contributed by atoms with E-state index in [9.17, 15) is 0 Å². The Hall–Kier alpha value is -0.600. The van der Waals surface area contributed by atoms with Crippen LogP contribution < -0.4 is 5.32 Å². The molecule has 1 aliphatic rings. The van der Waals surface area contributed by atoms with E-state index in [1.54, 1.807) is 6.20 Å². The maximum Gasteiger partial charge on any atom is 0.133 e. The highest BCUT2D eigenvalue weighted by Gasteiger charge is 2.32. The summed E-state index contributed by atoms with van der Waals surface area (Å²) in [5.74, 6) is 1.76. The van der Waals surface area contributed by atoms with Crippen LogP contribution in [0, 0.1) is 11.8 Å². The lowest BCUT2D eigenvalue weighted by Crippen LogP contribution is -2.21. The monoisotopic (exact) mass is 224 g/mol. The quantitative estimate of drug-likeness (QED) is 0.796. The molecule has 0 saturated heterocycles. The van der Waals surface area contributed by atoms with Crippen molar-refractivity contribution in [1.82, 2.24) is 10.3 Å². The van der Waals surface area contributed by atoms with Gasteiger partial charge in [-0.2, -0.15) is 0 Å². The first kappa shape index (κ1) is 10.9. The normalized spacial score (nSPS) is 26.3. The van der Waals surface area contributed by atoms with Gasteiger partial charge in [0.05, 0.1) is 0 Å². The van der Waals surface area contributed by atoms with Crippen LogP contribution >= 0.6 is 11.6 Å². The second-order valence-electron chi connectivity index (χ2n) is 4.49. The molecule has 3 atom stereocenters. The van der Waals surface area contributed by atoms with E-state index in [0.717, 1.165) is 23.9 Å². The van der Waals surface area contributed by atoms with E-state index in [1.165, 1.54) is 6.42 Å². The molecule has 1 N–H and O–H groups in total. The third-order valence-corrected chi connectivity index (χ3v) is 3.53. The summed E-state index contributed by atoms with van der Waals surface area (Å²) in [6, 6.07) is 4.25. The molecule has 82 valence electrons. The third-order valence-electron chi connectivity index (χ3n) is 3.22. The van der Waals surface area contributed by atoms with E-state index in [2.05, 4.69) is 24.1 Å². The number of nitrogens with one attached hydrogen (secondary N) is 1. The number of pyridine rings is 1. The molecule has 0 amide bonds. The lowest BCUT2D eigenvalue weighted by molar-refractivity contribution is 0.534. The molecule has 1 fully saturated rings. The van der Waals surface area contributed by atoms with Crippen LogP contribution in [0.25, 0.3) is 0 Å². The fraction of sp³-hybridized carbons (Fsp3) is 0.583. The van der Waals surface area contributed by atoms with Crippen molar-refractivity contribution < 1.29 is 0 Å². The van der Waals surface area contributed by atoms with Gasteiger partial charge in [0.1, 0.15) is 5.15 Å². The molecule has 2 nitrogen and oxygen atoms in total. The van der Waals surface area contributed by atoms with Gasteiger partial charge >= 0.3 is 0 Å². The number of hydrogen-bond acceptors (Lipinski definition) is 2. The zero-order valence-electron chi connectivity index (χ0n) is 9.20. The molecule has 1 heterocycles. The molecule has 3 unspecified atom stereocenters. The lowest BCUT2D eigenvalue weighted by atomic mass is 10.1. The average Bonchev–Trinajstić information content (AvgIpc) is 2.92. The molecule has 3 heteroatoms. The number of nitrogens with zero attached hydrogens (tertiary/aromatic N) is 1. The molecule has 15 heavy (non-hydrogen) atoms. The number of halogens is 1. The molecule has 0 aromatic carbocycles. The fourth-order valence-electron chi connectivity index (χ4n) is 1.84. The van der Waals surface area contributed by atoms with Crippen LogP contribution in [-0.4, -0.2) is 11.5 Å². The zero-order valence-corrected chi connectivity index (χ0v) is 9.96. The molecule has 1 aromatic heterocycles. The Bertz CT molecular complexity index is 340. The van der Waals surface area contributed by atoms with Crippen molar-refractivity contribution in [3.05, 3.63) is 29.0 Å². The lowest BCUT2D eigenvalue weighted by Gasteiger charge is -2.14. The smallest absolute Gasteiger partial charge is 0.133 e. The standard InChI is InChI=1S/C12H17ClN2/c1-8-6-10(8)7-15-9(2)11-4-3-5-14-12(11)13/h3-5,8-10,15H,6-7H2,1-2H3. The Morgan fingerprint density at radius 2 is 2.40 bits per heavy atom. The van der Waals surface area contributed by atoms with E-state index >= 15 is 0 Å². The van der Waals surface area contributed by atoms with Gasteiger partial charge in [-0.05, 0) is 37.8 Å². The molecular formula is C12H17ClN2. The van der Waals surface area contributed by atoms with Gasteiger partial charge in [0.25, 0.3) is 0 Å². The van der Waals surface area contributed by atoms with Gasteiger partial charge in [0, 0.05) is 17.8 Å². The van der Waals surface area contributed by atoms with Crippen LogP contribution in [0.5, 0.6) is 0 Å². The van der Waals surface area contributed by atoms with Crippen molar-refractivity contribution >= 4 is 11.6 Å². The summed E-state index contributed by atoms with van der Waals surface area (Å²) in [4.78, 5) is 4.08. The maximum atomic E-state index is 6.03. The summed E-state index contributed by atoms with van der Waals surface area (Å²) in [6.45, 7) is 5.53. The SMILES string of the molecule is CC(NCC1CC1C)c1cccnc1Cl. The largest absolute Gasteiger partial charge is 0.310 e. The third kappa shape index (κ3) is 2.70. The Morgan fingerprint density at radius 3 is 3.00 bits per heavy atom. The highest BCUT2D eigenvalue weighted by Crippen LogP contribution is 2.37.